The monoisotopic (exact) mass is 1140 g/mol. The lowest BCUT2D eigenvalue weighted by Gasteiger charge is -2.23. The van der Waals surface area contributed by atoms with Crippen molar-refractivity contribution in [2.24, 2.45) is 0 Å². The Kier molecular flexibility index (Phi) is 61.5. The number of unbranched alkanes of at least 4 members (excludes halogenated alkanes) is 14. The van der Waals surface area contributed by atoms with Crippen LogP contribution in [0.25, 0.3) is 0 Å². The van der Waals surface area contributed by atoms with Gasteiger partial charge in [-0.1, -0.05) is 90.4 Å². The van der Waals surface area contributed by atoms with Crippen LogP contribution in [0.2, 0.25) is 0 Å². The van der Waals surface area contributed by atoms with Crippen LogP contribution in [-0.4, -0.2) is 231 Å². The van der Waals surface area contributed by atoms with Gasteiger partial charge in [-0.3, -0.25) is 24.0 Å². The molecule has 0 radical (unpaired) electrons. The molecule has 0 aliphatic rings. The molecule has 0 unspecified atom stereocenters. The Labute approximate surface area is 474 Å². The van der Waals surface area contributed by atoms with E-state index in [0.29, 0.717) is 184 Å². The maximum atomic E-state index is 13.2. The second-order valence-corrected chi connectivity index (χ2v) is 18.7. The highest BCUT2D eigenvalue weighted by molar-refractivity contribution is 5.81. The minimum Gasteiger partial charge on any atom is -0.481 e. The summed E-state index contributed by atoms with van der Waals surface area (Å²) in [5.41, 5.74) is 0. The molecule has 0 rings (SSSR count). The number of carbonyl (C=O) groups excluding carboxylic acids is 4. The van der Waals surface area contributed by atoms with Crippen molar-refractivity contribution in [3.05, 3.63) is 0 Å². The van der Waals surface area contributed by atoms with Crippen LogP contribution in [0.5, 0.6) is 0 Å². The molecule has 0 bridgehead atoms. The third-order valence-corrected chi connectivity index (χ3v) is 11.9. The largest absolute Gasteiger partial charge is 0.481 e. The van der Waals surface area contributed by atoms with Crippen LogP contribution in [0.15, 0.2) is 0 Å². The molecular weight excluding hydrogens is 1030 g/mol. The van der Waals surface area contributed by atoms with Gasteiger partial charge in [-0.05, 0) is 32.6 Å². The van der Waals surface area contributed by atoms with Crippen molar-refractivity contribution in [1.82, 2.24) is 15.5 Å². The molecule has 0 aliphatic carbocycles. The number of hydrogen-bond donors (Lipinski definition) is 3. The summed E-state index contributed by atoms with van der Waals surface area (Å²) in [5.74, 6) is -1.33. The number of hydrogen-bond acceptors (Lipinski definition) is 18. The van der Waals surface area contributed by atoms with Crippen molar-refractivity contribution in [3.63, 3.8) is 0 Å². The molecule has 0 fully saturated rings. The van der Waals surface area contributed by atoms with Crippen LogP contribution in [0.3, 0.4) is 0 Å². The van der Waals surface area contributed by atoms with E-state index < -0.39 is 11.9 Å². The molecule has 79 heavy (non-hydrogen) atoms. The number of esters is 1. The van der Waals surface area contributed by atoms with Gasteiger partial charge in [-0.25, -0.2) is 0 Å². The number of carbonyl (C=O) groups is 5. The molecule has 3 amide bonds. The molecule has 0 aromatic rings. The van der Waals surface area contributed by atoms with Gasteiger partial charge in [0.1, 0.15) is 6.54 Å². The topological polar surface area (TPSA) is 253 Å². The van der Waals surface area contributed by atoms with Gasteiger partial charge in [0.15, 0.2) is 0 Å². The zero-order chi connectivity index (χ0) is 57.4. The third-order valence-electron chi connectivity index (χ3n) is 11.9. The van der Waals surface area contributed by atoms with E-state index in [1.165, 1.54) is 44.9 Å². The van der Waals surface area contributed by atoms with Gasteiger partial charge in [0, 0.05) is 45.3 Å². The molecule has 0 heterocycles. The van der Waals surface area contributed by atoms with Crippen molar-refractivity contribution in [1.29, 1.82) is 0 Å². The van der Waals surface area contributed by atoms with Gasteiger partial charge in [0.05, 0.1) is 165 Å². The smallest absolute Gasteiger partial charge is 0.325 e. The number of nitrogens with zero attached hydrogens (tertiary/aromatic N) is 1. The van der Waals surface area contributed by atoms with Crippen molar-refractivity contribution in [3.8, 4) is 0 Å². The van der Waals surface area contributed by atoms with Gasteiger partial charge >= 0.3 is 11.9 Å². The maximum absolute atomic E-state index is 13.2. The molecule has 22 nitrogen and oxygen atoms in total. The number of amides is 3. The lowest BCUT2D eigenvalue weighted by atomic mass is 10.1. The Morgan fingerprint density at radius 3 is 1.06 bits per heavy atom. The Hall–Kier alpha value is -3.13. The van der Waals surface area contributed by atoms with E-state index in [-0.39, 0.29) is 50.3 Å². The van der Waals surface area contributed by atoms with Crippen LogP contribution in [0.4, 0.5) is 0 Å². The summed E-state index contributed by atoms with van der Waals surface area (Å²) in [4.78, 5) is 61.2. The maximum Gasteiger partial charge on any atom is 0.325 e. The summed E-state index contributed by atoms with van der Waals surface area (Å²) in [6.07, 6.45) is 19.7. The first kappa shape index (κ1) is 75.9. The van der Waals surface area contributed by atoms with Gasteiger partial charge < -0.3 is 82.2 Å². The lowest BCUT2D eigenvalue weighted by Crippen LogP contribution is -2.34. The van der Waals surface area contributed by atoms with Crippen molar-refractivity contribution in [2.75, 3.05) is 191 Å². The highest BCUT2D eigenvalue weighted by atomic mass is 16.6. The fourth-order valence-electron chi connectivity index (χ4n) is 7.51. The summed E-state index contributed by atoms with van der Waals surface area (Å²) in [7, 11) is 0. The predicted molar refractivity (Wildman–Crippen MR) is 299 cm³/mol. The highest BCUT2D eigenvalue weighted by Crippen LogP contribution is 2.14. The quantitative estimate of drug-likeness (QED) is 0.0459. The van der Waals surface area contributed by atoms with Gasteiger partial charge in [-0.2, -0.15) is 0 Å². The Morgan fingerprint density at radius 2 is 0.671 bits per heavy atom. The molecule has 0 saturated heterocycles. The molecule has 0 aliphatic heterocycles. The van der Waals surface area contributed by atoms with Gasteiger partial charge in [0.2, 0.25) is 17.7 Å². The number of carboxylic acid groups (broad SMARTS) is 1. The number of aliphatic carboxylic acids is 1. The SMILES string of the molecule is CCCCCCCCCCCN(CCCC(=O)NCCOCCOCCOCCOCCOCCOCCOCCOCCOCCOCCOCCOCCC(=O)NCC(=O)OCC)C(=O)CCCCCCCCCC(=O)O. The van der Waals surface area contributed by atoms with E-state index >= 15 is 0 Å². The predicted octanol–water partition coefficient (Wildman–Crippen LogP) is 6.11. The minimum absolute atomic E-state index is 0.0363. The number of carboxylic acids is 1. The number of nitrogens with one attached hydrogen (secondary N) is 2. The number of rotatable bonds is 66. The van der Waals surface area contributed by atoms with Crippen molar-refractivity contribution < 1.29 is 90.7 Å². The van der Waals surface area contributed by atoms with Crippen LogP contribution in [-0.2, 0) is 85.6 Å². The van der Waals surface area contributed by atoms with Crippen LogP contribution >= 0.6 is 0 Å². The average molecular weight is 1140 g/mol. The van der Waals surface area contributed by atoms with E-state index in [4.69, 9.17) is 66.7 Å². The van der Waals surface area contributed by atoms with E-state index in [2.05, 4.69) is 17.6 Å². The molecule has 0 aromatic carbocycles. The molecular formula is C57H109N3O19. The van der Waals surface area contributed by atoms with Crippen LogP contribution in [0, 0.1) is 0 Å². The Morgan fingerprint density at radius 1 is 0.342 bits per heavy atom. The molecule has 0 aromatic heterocycles. The van der Waals surface area contributed by atoms with Crippen LogP contribution in [0.1, 0.15) is 149 Å². The first-order chi connectivity index (χ1) is 38.8. The fraction of sp³-hybridized carbons (Fsp3) is 0.912. The summed E-state index contributed by atoms with van der Waals surface area (Å²) < 4.78 is 70.8. The zero-order valence-electron chi connectivity index (χ0n) is 49.1. The van der Waals surface area contributed by atoms with Gasteiger partial charge in [-0.15, -0.1) is 0 Å². The normalized spacial score (nSPS) is 11.3. The standard InChI is InChI=1S/C57H109N3O19/c1-3-5-6-7-8-9-13-16-19-26-60(55(63)22-17-14-11-10-12-15-18-23-56(64)65)27-20-21-53(61)58-25-29-68-31-33-70-35-37-72-39-41-74-43-45-76-47-49-78-51-50-77-48-46-75-44-42-73-40-38-71-36-34-69-32-30-67-28-24-54(62)59-52-57(66)79-4-2/h3-52H2,1-2H3,(H,58,61)(H,59,62)(H,64,65). The average Bonchev–Trinajstić information content (AvgIpc) is 3.43. The first-order valence-corrected chi connectivity index (χ1v) is 29.9. The van der Waals surface area contributed by atoms with E-state index in [9.17, 15) is 24.0 Å². The Balaban J connectivity index is 3.56. The van der Waals surface area contributed by atoms with Gasteiger partial charge in [0.25, 0.3) is 0 Å². The zero-order valence-corrected chi connectivity index (χ0v) is 49.1. The Bertz CT molecular complexity index is 1360. The third kappa shape index (κ3) is 62.3. The summed E-state index contributed by atoms with van der Waals surface area (Å²) in [6, 6.07) is 0. The molecule has 3 N–H and O–H groups in total. The van der Waals surface area contributed by atoms with Crippen molar-refractivity contribution in [2.45, 2.75) is 149 Å². The second-order valence-electron chi connectivity index (χ2n) is 18.7. The highest BCUT2D eigenvalue weighted by Gasteiger charge is 2.14. The van der Waals surface area contributed by atoms with E-state index in [1.807, 2.05) is 4.90 Å². The molecule has 0 saturated carbocycles. The van der Waals surface area contributed by atoms with Crippen molar-refractivity contribution >= 4 is 29.7 Å². The number of ether oxygens (including phenoxy) is 13. The minimum atomic E-state index is -0.732. The lowest BCUT2D eigenvalue weighted by molar-refractivity contribution is -0.143. The fourth-order valence-corrected chi connectivity index (χ4v) is 7.51. The molecule has 0 atom stereocenters. The molecule has 22 heteroatoms. The summed E-state index contributed by atoms with van der Waals surface area (Å²) in [6.45, 7) is 16.3. The molecule has 0 spiro atoms. The summed E-state index contributed by atoms with van der Waals surface area (Å²) >= 11 is 0. The summed E-state index contributed by atoms with van der Waals surface area (Å²) in [5, 5.41) is 14.2. The second kappa shape index (κ2) is 64.0. The first-order valence-electron chi connectivity index (χ1n) is 29.9. The molecule has 466 valence electrons. The van der Waals surface area contributed by atoms with E-state index in [0.717, 1.165) is 64.3 Å². The van der Waals surface area contributed by atoms with E-state index in [1.54, 1.807) is 6.92 Å². The van der Waals surface area contributed by atoms with Crippen LogP contribution < -0.4 is 10.6 Å².